The molecule has 35 heavy (non-hydrogen) atoms. The van der Waals surface area contributed by atoms with Gasteiger partial charge in [0.1, 0.15) is 13.1 Å². The molecule has 0 spiro atoms. The molecule has 3 rings (SSSR count). The van der Waals surface area contributed by atoms with Crippen molar-refractivity contribution in [2.45, 2.75) is 78.1 Å². The van der Waals surface area contributed by atoms with Crippen LogP contribution in [0.4, 0.5) is 13.2 Å². The van der Waals surface area contributed by atoms with Crippen molar-refractivity contribution < 1.29 is 18.1 Å². The van der Waals surface area contributed by atoms with Crippen LogP contribution in [0, 0.1) is 11.8 Å². The Morgan fingerprint density at radius 1 is 0.743 bits per heavy atom. The zero-order chi connectivity index (χ0) is 25.1. The molecule has 0 aliphatic rings. The number of benzene rings is 3. The van der Waals surface area contributed by atoms with Gasteiger partial charge in [0.05, 0.1) is 12.1 Å². The van der Waals surface area contributed by atoms with E-state index in [4.69, 9.17) is 0 Å². The highest BCUT2D eigenvalue weighted by Gasteiger charge is 2.30. The van der Waals surface area contributed by atoms with Crippen LogP contribution in [0.3, 0.4) is 0 Å². The van der Waals surface area contributed by atoms with Crippen LogP contribution in [0.5, 0.6) is 0 Å². The monoisotopic (exact) mass is 480 g/mol. The van der Waals surface area contributed by atoms with Crippen molar-refractivity contribution in [2.75, 3.05) is 6.54 Å². The van der Waals surface area contributed by atoms with E-state index >= 15 is 0 Å². The Morgan fingerprint density at radius 3 is 2.11 bits per heavy atom. The fourth-order valence-electron chi connectivity index (χ4n) is 4.46. The summed E-state index contributed by atoms with van der Waals surface area (Å²) in [6.45, 7) is 6.73. The maximum absolute atomic E-state index is 12.9. The molecule has 0 heterocycles. The van der Waals surface area contributed by atoms with Gasteiger partial charge in [0.15, 0.2) is 0 Å². The Morgan fingerprint density at radius 2 is 1.43 bits per heavy atom. The zero-order valence-electron chi connectivity index (χ0n) is 21.0. The second-order valence-corrected chi connectivity index (χ2v) is 9.29. The minimum atomic E-state index is -4.30. The van der Waals surface area contributed by atoms with Gasteiger partial charge in [-0.25, -0.2) is 0 Å². The topological polar surface area (TPSA) is 4.44 Å². The molecule has 0 aliphatic heterocycles. The third kappa shape index (κ3) is 8.15. The molecule has 186 valence electrons. The predicted molar refractivity (Wildman–Crippen MR) is 139 cm³/mol. The predicted octanol–water partition coefficient (Wildman–Crippen LogP) is 7.57. The molecule has 0 fully saturated rings. The van der Waals surface area contributed by atoms with Crippen LogP contribution in [0.15, 0.2) is 60.7 Å². The molecular weight excluding hydrogens is 443 g/mol. The van der Waals surface area contributed by atoms with Gasteiger partial charge in [-0.15, -0.1) is 0 Å². The quantitative estimate of drug-likeness (QED) is 0.213. The van der Waals surface area contributed by atoms with E-state index in [9.17, 15) is 13.2 Å². The number of rotatable bonds is 11. The second kappa shape index (κ2) is 13.4. The number of hydrogen-bond acceptors (Lipinski definition) is 0. The van der Waals surface area contributed by atoms with E-state index in [1.807, 2.05) is 0 Å². The molecule has 0 radical (unpaired) electrons. The van der Waals surface area contributed by atoms with Gasteiger partial charge in [0.2, 0.25) is 0 Å². The first-order chi connectivity index (χ1) is 16.9. The standard InChI is InChI=1S/C31H36F3N/c1-3-5-6-7-8-9-10-11-14-26-19-20-27(30-16-13-12-15-29(26)30)24-35(4-2)23-25-17-21-28(22-18-25)31(32,33)34/h12-13,15-22H,3-10,23-24H2,1-2H3/p+1. The number of nitrogens with one attached hydrogen (secondary N) is 1. The van der Waals surface area contributed by atoms with Crippen molar-refractivity contribution in [3.8, 4) is 11.8 Å². The molecule has 1 N–H and O–H groups in total. The first kappa shape index (κ1) is 26.8. The molecule has 0 amide bonds. The van der Waals surface area contributed by atoms with Crippen LogP contribution in [0.25, 0.3) is 10.8 Å². The minimum absolute atomic E-state index is 0.599. The van der Waals surface area contributed by atoms with E-state index in [2.05, 4.69) is 62.1 Å². The summed E-state index contributed by atoms with van der Waals surface area (Å²) in [5.41, 5.74) is 2.62. The van der Waals surface area contributed by atoms with Crippen LogP contribution in [-0.4, -0.2) is 6.54 Å². The number of alkyl halides is 3. The van der Waals surface area contributed by atoms with Crippen molar-refractivity contribution in [1.29, 1.82) is 0 Å². The highest BCUT2D eigenvalue weighted by atomic mass is 19.4. The van der Waals surface area contributed by atoms with Crippen LogP contribution in [0.1, 0.15) is 81.0 Å². The van der Waals surface area contributed by atoms with Gasteiger partial charge in [0.25, 0.3) is 0 Å². The van der Waals surface area contributed by atoms with Gasteiger partial charge in [-0.05, 0) is 42.3 Å². The molecule has 3 aromatic rings. The largest absolute Gasteiger partial charge is 0.416 e. The second-order valence-electron chi connectivity index (χ2n) is 9.29. The third-order valence-electron chi connectivity index (χ3n) is 6.57. The normalized spacial score (nSPS) is 12.4. The maximum Gasteiger partial charge on any atom is 0.416 e. The molecule has 4 heteroatoms. The number of fused-ring (bicyclic) bond motifs is 1. The van der Waals surface area contributed by atoms with Crippen molar-refractivity contribution in [1.82, 2.24) is 0 Å². The lowest BCUT2D eigenvalue weighted by Gasteiger charge is -2.19. The van der Waals surface area contributed by atoms with Gasteiger partial charge in [-0.3, -0.25) is 0 Å². The van der Waals surface area contributed by atoms with Gasteiger partial charge in [-0.2, -0.15) is 13.2 Å². The van der Waals surface area contributed by atoms with Crippen molar-refractivity contribution >= 4 is 10.8 Å². The zero-order valence-corrected chi connectivity index (χ0v) is 21.0. The van der Waals surface area contributed by atoms with Crippen LogP contribution in [0.2, 0.25) is 0 Å². The van der Waals surface area contributed by atoms with Crippen LogP contribution in [-0.2, 0) is 19.3 Å². The summed E-state index contributed by atoms with van der Waals surface area (Å²) in [5, 5.41) is 2.38. The van der Waals surface area contributed by atoms with E-state index in [0.717, 1.165) is 37.1 Å². The average Bonchev–Trinajstić information content (AvgIpc) is 2.86. The number of quaternary nitrogens is 1. The summed E-state index contributed by atoms with van der Waals surface area (Å²) in [6.07, 6.45) is 4.27. The number of hydrogen-bond donors (Lipinski definition) is 1. The third-order valence-corrected chi connectivity index (χ3v) is 6.57. The Kier molecular flexibility index (Phi) is 10.2. The molecule has 0 bridgehead atoms. The Labute approximate surface area is 208 Å². The van der Waals surface area contributed by atoms with E-state index in [-0.39, 0.29) is 0 Å². The molecule has 0 aromatic heterocycles. The molecule has 0 saturated carbocycles. The van der Waals surface area contributed by atoms with E-state index < -0.39 is 11.7 Å². The molecule has 1 atom stereocenters. The minimum Gasteiger partial charge on any atom is -0.328 e. The molecule has 1 nitrogen and oxygen atoms in total. The molecule has 3 aromatic carbocycles. The van der Waals surface area contributed by atoms with Crippen molar-refractivity contribution in [2.24, 2.45) is 0 Å². The summed E-state index contributed by atoms with van der Waals surface area (Å²) in [6, 6.07) is 18.2. The Hall–Kier alpha value is -2.77. The fraction of sp³-hybridized carbons (Fsp3) is 0.419. The van der Waals surface area contributed by atoms with Gasteiger partial charge in [0, 0.05) is 23.1 Å². The Balaban J connectivity index is 1.68. The fourth-order valence-corrected chi connectivity index (χ4v) is 4.46. The maximum atomic E-state index is 12.9. The average molecular weight is 481 g/mol. The SMILES string of the molecule is CCCCCCCCC#Cc1ccc(C[NH+](CC)Cc2ccc(C(F)(F)F)cc2)c2ccccc12. The van der Waals surface area contributed by atoms with Gasteiger partial charge >= 0.3 is 6.18 Å². The van der Waals surface area contributed by atoms with E-state index in [0.29, 0.717) is 6.54 Å². The first-order valence-corrected chi connectivity index (χ1v) is 12.9. The van der Waals surface area contributed by atoms with Crippen LogP contribution < -0.4 is 4.90 Å². The summed E-state index contributed by atoms with van der Waals surface area (Å²) in [5.74, 6) is 6.76. The van der Waals surface area contributed by atoms with Gasteiger partial charge in [-0.1, -0.05) is 93.3 Å². The van der Waals surface area contributed by atoms with E-state index in [1.54, 1.807) is 12.1 Å². The number of unbranched alkanes of at least 4 members (excludes halogenated alkanes) is 6. The lowest BCUT2D eigenvalue weighted by molar-refractivity contribution is -0.925. The van der Waals surface area contributed by atoms with Crippen molar-refractivity contribution in [3.05, 3.63) is 82.9 Å². The smallest absolute Gasteiger partial charge is 0.328 e. The first-order valence-electron chi connectivity index (χ1n) is 12.9. The number of halogens is 3. The molecule has 0 saturated heterocycles. The summed E-state index contributed by atoms with van der Waals surface area (Å²) in [4.78, 5) is 1.30. The molecule has 0 aliphatic carbocycles. The van der Waals surface area contributed by atoms with E-state index in [1.165, 1.54) is 65.5 Å². The van der Waals surface area contributed by atoms with Crippen LogP contribution >= 0.6 is 0 Å². The lowest BCUT2D eigenvalue weighted by Crippen LogP contribution is -3.09. The van der Waals surface area contributed by atoms with Gasteiger partial charge < -0.3 is 4.90 Å². The lowest BCUT2D eigenvalue weighted by atomic mass is 9.99. The summed E-state index contributed by atoms with van der Waals surface area (Å²) < 4.78 is 38.6. The highest BCUT2D eigenvalue weighted by molar-refractivity contribution is 5.90. The summed E-state index contributed by atoms with van der Waals surface area (Å²) in [7, 11) is 0. The Bertz CT molecular complexity index is 1120. The summed E-state index contributed by atoms with van der Waals surface area (Å²) >= 11 is 0. The highest BCUT2D eigenvalue weighted by Crippen LogP contribution is 2.29. The molecular formula is C31H37F3N+. The van der Waals surface area contributed by atoms with Crippen molar-refractivity contribution in [3.63, 3.8) is 0 Å². The molecule has 1 unspecified atom stereocenters.